The van der Waals surface area contributed by atoms with Gasteiger partial charge < -0.3 is 19.7 Å². The number of ether oxygens (including phenoxy) is 2. The second-order valence-electron chi connectivity index (χ2n) is 10.2. The van der Waals surface area contributed by atoms with Gasteiger partial charge in [0.15, 0.2) is 0 Å². The standard InChI is InChI=1S/C30H33F2N5O3/c1-36(2)11-13-39-27-7-5-6-25(29(27)34-28-8-3-4-12-40-28)30(38)35-37-26-10-9-20(15-22(26)19-33-37)14-21-16-23(31)18-24(32)17-21/h5-7,9-10,15-19,28,34H,3-4,8,11-14H2,1-2H3,(H,35,38). The van der Waals surface area contributed by atoms with Crippen LogP contribution in [-0.2, 0) is 11.2 Å². The third-order valence-electron chi connectivity index (χ3n) is 6.72. The molecule has 1 atom stereocenters. The van der Waals surface area contributed by atoms with E-state index < -0.39 is 11.6 Å². The number of hydrogen-bond donors (Lipinski definition) is 2. The Hall–Kier alpha value is -4.02. The Balaban J connectivity index is 1.36. The summed E-state index contributed by atoms with van der Waals surface area (Å²) in [7, 11) is 3.95. The first-order chi connectivity index (χ1) is 19.4. The molecule has 1 aliphatic heterocycles. The van der Waals surface area contributed by atoms with E-state index in [0.717, 1.165) is 42.8 Å². The van der Waals surface area contributed by atoms with Crippen LogP contribution in [0.25, 0.3) is 10.9 Å². The molecule has 1 amide bonds. The van der Waals surface area contributed by atoms with Crippen molar-refractivity contribution in [3.63, 3.8) is 0 Å². The number of para-hydroxylation sites is 1. The van der Waals surface area contributed by atoms with Gasteiger partial charge in [-0.1, -0.05) is 12.1 Å². The Kier molecular flexibility index (Phi) is 8.57. The molecule has 0 aliphatic carbocycles. The summed E-state index contributed by atoms with van der Waals surface area (Å²) in [6.07, 6.45) is 4.68. The van der Waals surface area contributed by atoms with Gasteiger partial charge in [0.2, 0.25) is 0 Å². The highest BCUT2D eigenvalue weighted by molar-refractivity contribution is 6.06. The molecule has 210 valence electrons. The number of benzene rings is 3. The van der Waals surface area contributed by atoms with Crippen LogP contribution in [0.3, 0.4) is 0 Å². The summed E-state index contributed by atoms with van der Waals surface area (Å²) in [5.74, 6) is -1.00. The number of rotatable bonds is 10. The van der Waals surface area contributed by atoms with Gasteiger partial charge in [-0.15, -0.1) is 0 Å². The predicted octanol–water partition coefficient (Wildman–Crippen LogP) is 5.17. The van der Waals surface area contributed by atoms with Crippen molar-refractivity contribution in [2.24, 2.45) is 0 Å². The van der Waals surface area contributed by atoms with E-state index in [1.807, 2.05) is 43.3 Å². The topological polar surface area (TPSA) is 80.7 Å². The van der Waals surface area contributed by atoms with E-state index >= 15 is 0 Å². The van der Waals surface area contributed by atoms with Gasteiger partial charge in [-0.25, -0.2) is 14.2 Å². The molecule has 0 radical (unpaired) electrons. The SMILES string of the molecule is CN(C)CCOc1cccc(C(=O)Nn2ncc3cc(Cc4cc(F)cc(F)c4)ccc32)c1NC1CCCCO1. The van der Waals surface area contributed by atoms with E-state index in [0.29, 0.717) is 47.7 Å². The molecule has 1 aromatic heterocycles. The van der Waals surface area contributed by atoms with Crippen LogP contribution in [0.15, 0.2) is 60.8 Å². The molecular formula is C30H33F2N5O3. The molecule has 0 bridgehead atoms. The molecular weight excluding hydrogens is 516 g/mol. The maximum absolute atomic E-state index is 13.6. The molecule has 1 unspecified atom stereocenters. The second kappa shape index (κ2) is 12.4. The maximum Gasteiger partial charge on any atom is 0.273 e. The number of nitrogens with one attached hydrogen (secondary N) is 2. The quantitative estimate of drug-likeness (QED) is 0.284. The number of fused-ring (bicyclic) bond motifs is 1. The number of nitrogens with zero attached hydrogens (tertiary/aromatic N) is 3. The highest BCUT2D eigenvalue weighted by Crippen LogP contribution is 2.31. The molecule has 4 aromatic rings. The zero-order chi connectivity index (χ0) is 28.1. The van der Waals surface area contributed by atoms with E-state index in [9.17, 15) is 13.6 Å². The zero-order valence-corrected chi connectivity index (χ0v) is 22.6. The molecule has 10 heteroatoms. The summed E-state index contributed by atoms with van der Waals surface area (Å²) < 4.78 is 39.2. The summed E-state index contributed by atoms with van der Waals surface area (Å²) in [6.45, 7) is 1.86. The van der Waals surface area contributed by atoms with E-state index in [2.05, 4.69) is 15.8 Å². The molecule has 0 saturated carbocycles. The van der Waals surface area contributed by atoms with Crippen LogP contribution in [0.2, 0.25) is 0 Å². The minimum absolute atomic E-state index is 0.214. The first-order valence-electron chi connectivity index (χ1n) is 13.4. The molecule has 1 saturated heterocycles. The van der Waals surface area contributed by atoms with Gasteiger partial charge in [0.1, 0.15) is 30.2 Å². The van der Waals surface area contributed by atoms with Crippen molar-refractivity contribution in [3.05, 3.63) is 89.1 Å². The first kappa shape index (κ1) is 27.5. The Morgan fingerprint density at radius 1 is 1.10 bits per heavy atom. The van der Waals surface area contributed by atoms with Crippen molar-refractivity contribution in [1.29, 1.82) is 0 Å². The second-order valence-corrected chi connectivity index (χ2v) is 10.2. The van der Waals surface area contributed by atoms with Gasteiger partial charge in [-0.3, -0.25) is 4.79 Å². The molecule has 0 spiro atoms. The molecule has 1 aliphatic rings. The summed E-state index contributed by atoms with van der Waals surface area (Å²) in [5, 5.41) is 8.53. The van der Waals surface area contributed by atoms with Crippen LogP contribution in [-0.4, -0.2) is 60.8 Å². The lowest BCUT2D eigenvalue weighted by Crippen LogP contribution is -2.30. The number of aromatic nitrogens is 2. The largest absolute Gasteiger partial charge is 0.490 e. The molecule has 2 heterocycles. The smallest absolute Gasteiger partial charge is 0.273 e. The van der Waals surface area contributed by atoms with Crippen LogP contribution < -0.4 is 15.5 Å². The fourth-order valence-electron chi connectivity index (χ4n) is 4.73. The van der Waals surface area contributed by atoms with Gasteiger partial charge in [-0.2, -0.15) is 9.89 Å². The van der Waals surface area contributed by atoms with Crippen molar-refractivity contribution in [1.82, 2.24) is 14.8 Å². The van der Waals surface area contributed by atoms with Crippen LogP contribution in [0.4, 0.5) is 14.5 Å². The minimum atomic E-state index is -0.609. The van der Waals surface area contributed by atoms with Crippen molar-refractivity contribution in [3.8, 4) is 5.75 Å². The van der Waals surface area contributed by atoms with E-state index in [-0.39, 0.29) is 12.1 Å². The average Bonchev–Trinajstić information content (AvgIpc) is 3.31. The molecule has 8 nitrogen and oxygen atoms in total. The number of hydrogen-bond acceptors (Lipinski definition) is 6. The van der Waals surface area contributed by atoms with Crippen molar-refractivity contribution < 1.29 is 23.0 Å². The monoisotopic (exact) mass is 549 g/mol. The molecule has 5 rings (SSSR count). The number of halogens is 2. The summed E-state index contributed by atoms with van der Waals surface area (Å²) in [4.78, 5) is 17.0. The molecule has 1 fully saturated rings. The first-order valence-corrected chi connectivity index (χ1v) is 13.4. The zero-order valence-electron chi connectivity index (χ0n) is 22.6. The van der Waals surface area contributed by atoms with Crippen molar-refractivity contribution in [2.75, 3.05) is 44.6 Å². The number of carbonyl (C=O) groups excluding carboxylic acids is 1. The molecule has 40 heavy (non-hydrogen) atoms. The highest BCUT2D eigenvalue weighted by Gasteiger charge is 2.22. The van der Waals surface area contributed by atoms with Gasteiger partial charge >= 0.3 is 0 Å². The van der Waals surface area contributed by atoms with Gasteiger partial charge in [-0.05, 0) is 87.3 Å². The third-order valence-corrected chi connectivity index (χ3v) is 6.72. The van der Waals surface area contributed by atoms with Crippen LogP contribution in [0.1, 0.15) is 40.7 Å². The normalized spacial score (nSPS) is 15.4. The van der Waals surface area contributed by atoms with Crippen LogP contribution >= 0.6 is 0 Å². The van der Waals surface area contributed by atoms with Crippen LogP contribution in [0.5, 0.6) is 5.75 Å². The van der Waals surface area contributed by atoms with E-state index in [1.54, 1.807) is 18.3 Å². The van der Waals surface area contributed by atoms with Gasteiger partial charge in [0.25, 0.3) is 5.91 Å². The third kappa shape index (κ3) is 6.75. The highest BCUT2D eigenvalue weighted by atomic mass is 19.1. The average molecular weight is 550 g/mol. The predicted molar refractivity (Wildman–Crippen MR) is 150 cm³/mol. The van der Waals surface area contributed by atoms with E-state index in [1.165, 1.54) is 16.9 Å². The Morgan fingerprint density at radius 2 is 1.93 bits per heavy atom. The molecule has 3 aromatic carbocycles. The fraction of sp³-hybridized carbons (Fsp3) is 0.333. The maximum atomic E-state index is 13.6. The van der Waals surface area contributed by atoms with Crippen molar-refractivity contribution in [2.45, 2.75) is 31.9 Å². The minimum Gasteiger partial charge on any atom is -0.490 e. The number of anilines is 1. The van der Waals surface area contributed by atoms with Crippen LogP contribution in [0, 0.1) is 11.6 Å². The lowest BCUT2D eigenvalue weighted by atomic mass is 10.0. The Morgan fingerprint density at radius 3 is 2.67 bits per heavy atom. The number of carbonyl (C=O) groups is 1. The van der Waals surface area contributed by atoms with Crippen molar-refractivity contribution >= 4 is 22.5 Å². The van der Waals surface area contributed by atoms with Gasteiger partial charge in [0.05, 0.1) is 23.0 Å². The van der Waals surface area contributed by atoms with Gasteiger partial charge in [0, 0.05) is 24.6 Å². The number of likely N-dealkylation sites (N-methyl/N-ethyl adjacent to an activating group) is 1. The summed E-state index contributed by atoms with van der Waals surface area (Å²) >= 11 is 0. The molecule has 2 N–H and O–H groups in total. The lowest BCUT2D eigenvalue weighted by molar-refractivity contribution is 0.0341. The lowest BCUT2D eigenvalue weighted by Gasteiger charge is -2.27. The fourth-order valence-corrected chi connectivity index (χ4v) is 4.73. The Bertz CT molecular complexity index is 1460. The summed E-state index contributed by atoms with van der Waals surface area (Å²) in [6, 6.07) is 14.4. The number of amides is 1. The Labute approximate surface area is 231 Å². The van der Waals surface area contributed by atoms with E-state index in [4.69, 9.17) is 9.47 Å². The summed E-state index contributed by atoms with van der Waals surface area (Å²) in [5.41, 5.74) is 5.94.